The molecule has 0 unspecified atom stereocenters. The van der Waals surface area contributed by atoms with Crippen LogP contribution in [0.3, 0.4) is 0 Å². The van der Waals surface area contributed by atoms with Crippen molar-refractivity contribution in [2.45, 2.75) is 40.3 Å². The molecule has 0 aliphatic heterocycles. The lowest BCUT2D eigenvalue weighted by Crippen LogP contribution is -3.14. The fourth-order valence-electron chi connectivity index (χ4n) is 11.6. The van der Waals surface area contributed by atoms with Gasteiger partial charge >= 0.3 is 0 Å². The first-order valence-corrected chi connectivity index (χ1v) is 15.0. The van der Waals surface area contributed by atoms with E-state index in [4.69, 9.17) is 0 Å². The van der Waals surface area contributed by atoms with Crippen molar-refractivity contribution < 1.29 is 0 Å². The van der Waals surface area contributed by atoms with E-state index in [1.54, 1.807) is 81.9 Å². The molecular formula is C8H24Si8. The normalized spacial score (nSPS) is 99.0. The third-order valence-corrected chi connectivity index (χ3v) is 48.0. The Morgan fingerprint density at radius 2 is 0.312 bits per heavy atom. The van der Waals surface area contributed by atoms with Crippen LogP contribution in [0.15, 0.2) is 0 Å². The van der Waals surface area contributed by atoms with Gasteiger partial charge in [-0.25, -0.2) is 0 Å². The topological polar surface area (TPSA) is 0 Å². The molecule has 0 heterocycles. The summed E-state index contributed by atoms with van der Waals surface area (Å²) in [5, 5.41) is 8.74. The Morgan fingerprint density at radius 3 is 0.375 bits per heavy atom. The molecule has 0 radical (unpaired) electrons. The fourth-order valence-corrected chi connectivity index (χ4v) is 47.6. The average molecular weight is 345 g/mol. The Balaban J connectivity index is 1.95. The van der Waals surface area contributed by atoms with E-state index in [-0.39, 0.29) is 0 Å². The summed E-state index contributed by atoms with van der Waals surface area (Å²) in [4.78, 5) is 0. The molecule has 0 N–H and O–H groups in total. The summed E-state index contributed by atoms with van der Waals surface area (Å²) in [6.45, 7) is 0. The van der Waals surface area contributed by atoms with Gasteiger partial charge in [0.15, 0.2) is 0 Å². The Bertz CT molecular complexity index is 332. The third-order valence-electron chi connectivity index (χ3n) is 12.0. The smallest absolute Gasteiger partial charge is 0.0116 e. The quantitative estimate of drug-likeness (QED) is 0.383. The van der Waals surface area contributed by atoms with Gasteiger partial charge in [-0.3, -0.25) is 0 Å². The van der Waals surface area contributed by atoms with E-state index in [1.807, 2.05) is 0 Å². The Hall–Kier alpha value is 1.74. The molecule has 0 spiro atoms. The van der Waals surface area contributed by atoms with Crippen molar-refractivity contribution in [2.75, 3.05) is 0 Å². The molecule has 0 saturated heterocycles. The van der Waals surface area contributed by atoms with Crippen molar-refractivity contribution in [2.24, 2.45) is 0 Å². The molecule has 6 aliphatic carbocycles. The van der Waals surface area contributed by atoms with E-state index >= 15 is 0 Å². The minimum atomic E-state index is 1.09. The summed E-state index contributed by atoms with van der Waals surface area (Å²) in [5.41, 5.74) is 0. The molecule has 0 nitrogen and oxygen atoms in total. The van der Waals surface area contributed by atoms with E-state index < -0.39 is 0 Å². The van der Waals surface area contributed by atoms with Crippen LogP contribution in [-0.2, 0) is 0 Å². The first kappa shape index (κ1) is 10.5. The lowest BCUT2D eigenvalue weighted by molar-refractivity contribution is -0.465. The molecule has 8 heteroatoms. The Labute approximate surface area is 122 Å². The SMILES string of the molecule is [SiH3]C12C3([SiH3])C4([SiH3])C1([SiH3])C1([SiH3])C2([SiH3])C3([SiH3])C41[SiH3]. The molecule has 88 valence electrons. The second-order valence-electron chi connectivity index (χ2n) is 9.00. The predicted molar refractivity (Wildman–Crippen MR) is 101 cm³/mol. The summed E-state index contributed by atoms with van der Waals surface area (Å²) >= 11 is 0. The lowest BCUT2D eigenvalue weighted by atomic mass is 8.96. The summed E-state index contributed by atoms with van der Waals surface area (Å²) in [6.07, 6.45) is 0. The molecule has 6 aliphatic rings. The molecule has 6 fully saturated rings. The number of hydrogen-bond donors (Lipinski definition) is 0. The molecule has 16 heavy (non-hydrogen) atoms. The zero-order chi connectivity index (χ0) is 12.0. The van der Waals surface area contributed by atoms with Crippen molar-refractivity contribution in [3.63, 3.8) is 0 Å². The molecule has 0 aromatic carbocycles. The maximum absolute atomic E-state index is 1.60. The summed E-state index contributed by atoms with van der Waals surface area (Å²) < 4.78 is 0. The van der Waals surface area contributed by atoms with Gasteiger partial charge in [-0.1, -0.05) is 0 Å². The van der Waals surface area contributed by atoms with Gasteiger partial charge in [-0.2, -0.15) is 0 Å². The largest absolute Gasteiger partial charge is 0.0352 e. The van der Waals surface area contributed by atoms with Crippen molar-refractivity contribution in [3.8, 4) is 0 Å². The number of rotatable bonds is 0. The van der Waals surface area contributed by atoms with Crippen molar-refractivity contribution in [1.82, 2.24) is 0 Å². The van der Waals surface area contributed by atoms with Gasteiger partial charge in [0.05, 0.1) is 0 Å². The molecule has 0 bridgehead atoms. The van der Waals surface area contributed by atoms with Crippen molar-refractivity contribution >= 4 is 81.9 Å². The monoisotopic (exact) mass is 344 g/mol. The standard InChI is InChI=1S/C8H24Si8/c9-1-2(10)5(13)3(1,11)7(15)4(1,12)6(2,14)8(5,7)16/h9-16H3. The van der Waals surface area contributed by atoms with Gasteiger partial charge in [-0.15, -0.1) is 0 Å². The van der Waals surface area contributed by atoms with Crippen LogP contribution in [0.4, 0.5) is 0 Å². The van der Waals surface area contributed by atoms with Crippen LogP contribution in [0.1, 0.15) is 0 Å². The van der Waals surface area contributed by atoms with Crippen LogP contribution in [0.5, 0.6) is 0 Å². The fraction of sp³-hybridized carbons (Fsp3) is 1.00. The summed E-state index contributed by atoms with van der Waals surface area (Å²) in [6, 6.07) is 0. The molecule has 0 atom stereocenters. The second-order valence-corrected chi connectivity index (χ2v) is 21.0. The van der Waals surface area contributed by atoms with E-state index in [9.17, 15) is 0 Å². The van der Waals surface area contributed by atoms with Crippen LogP contribution < -0.4 is 0 Å². The summed E-state index contributed by atoms with van der Waals surface area (Å²) in [5.74, 6) is 0. The zero-order valence-corrected chi connectivity index (χ0v) is 28.0. The molecule has 0 aromatic rings. The molecular weight excluding hydrogens is 321 g/mol. The highest BCUT2D eigenvalue weighted by Gasteiger charge is 3.28. The predicted octanol–water partition coefficient (Wildman–Crippen LogP) is -7.75. The third kappa shape index (κ3) is 0.284. The van der Waals surface area contributed by atoms with Crippen LogP contribution >= 0.6 is 0 Å². The van der Waals surface area contributed by atoms with E-state index in [1.165, 1.54) is 0 Å². The van der Waals surface area contributed by atoms with Crippen LogP contribution in [-0.4, -0.2) is 81.9 Å². The van der Waals surface area contributed by atoms with Gasteiger partial charge in [0.25, 0.3) is 0 Å². The maximum Gasteiger partial charge on any atom is 0.0116 e. The Morgan fingerprint density at radius 1 is 0.250 bits per heavy atom. The van der Waals surface area contributed by atoms with Gasteiger partial charge < -0.3 is 0 Å². The molecule has 6 rings (SSSR count). The first-order chi connectivity index (χ1) is 7.00. The zero-order valence-electron chi connectivity index (χ0n) is 12.0. The minimum absolute atomic E-state index is 1.09. The van der Waals surface area contributed by atoms with Crippen molar-refractivity contribution in [1.29, 1.82) is 0 Å². The van der Waals surface area contributed by atoms with Gasteiger partial charge in [-0.05, 0) is 40.3 Å². The highest BCUT2D eigenvalue weighted by Crippen LogP contribution is 3.48. The number of hydrogen-bond acceptors (Lipinski definition) is 0. The van der Waals surface area contributed by atoms with Gasteiger partial charge in [0.1, 0.15) is 0 Å². The average Bonchev–Trinajstić information content (AvgIpc) is 2.27. The van der Waals surface area contributed by atoms with E-state index in [2.05, 4.69) is 0 Å². The molecule has 6 saturated carbocycles. The van der Waals surface area contributed by atoms with Gasteiger partial charge in [0.2, 0.25) is 0 Å². The Kier molecular flexibility index (Phi) is 1.10. The van der Waals surface area contributed by atoms with E-state index in [0.29, 0.717) is 0 Å². The minimum Gasteiger partial charge on any atom is -0.0352 e. The van der Waals surface area contributed by atoms with Crippen LogP contribution in [0, 0.1) is 0 Å². The first-order valence-electron chi connectivity index (χ1n) is 7.00. The lowest BCUT2D eigenvalue weighted by Gasteiger charge is -3.33. The molecule has 0 aromatic heterocycles. The molecule has 0 amide bonds. The van der Waals surface area contributed by atoms with Gasteiger partial charge in [0, 0.05) is 81.9 Å². The highest BCUT2D eigenvalue weighted by atomic mass is 28.2. The van der Waals surface area contributed by atoms with Crippen molar-refractivity contribution in [3.05, 3.63) is 0 Å². The van der Waals surface area contributed by atoms with Crippen LogP contribution in [0.25, 0.3) is 0 Å². The van der Waals surface area contributed by atoms with E-state index in [0.717, 1.165) is 40.3 Å². The summed E-state index contributed by atoms with van der Waals surface area (Å²) in [7, 11) is 12.8. The van der Waals surface area contributed by atoms with Crippen LogP contribution in [0.2, 0.25) is 40.3 Å². The highest BCUT2D eigenvalue weighted by molar-refractivity contribution is 6.74. The second kappa shape index (κ2) is 1.68. The maximum atomic E-state index is 1.60.